The number of para-hydroxylation sites is 2. The van der Waals surface area contributed by atoms with Crippen LogP contribution < -0.4 is 4.90 Å². The van der Waals surface area contributed by atoms with Gasteiger partial charge in [-0.05, 0) is 75.7 Å². The van der Waals surface area contributed by atoms with E-state index >= 15 is 0 Å². The minimum atomic E-state index is 0.914. The summed E-state index contributed by atoms with van der Waals surface area (Å²) in [5, 5.41) is 7.26. The molecule has 0 atom stereocenters. The molecule has 0 aliphatic rings. The Morgan fingerprint density at radius 1 is 0.382 bits per heavy atom. The maximum absolute atomic E-state index is 6.56. The quantitative estimate of drug-likeness (QED) is 0.170. The summed E-state index contributed by atoms with van der Waals surface area (Å²) in [7, 11) is 0. The SMILES string of the molecule is c1ccc(-c2ccc(N(c3ccc(-c4ccccc4)cc3)c3cccc4ccc5c(sc6cccc(-c7cccc8c7oc7ccccc78)c65)c34)cc2)cc1. The predicted molar refractivity (Wildman–Crippen MR) is 235 cm³/mol. The van der Waals surface area contributed by atoms with Crippen LogP contribution in [0.1, 0.15) is 0 Å². The third-order valence-corrected chi connectivity index (χ3v) is 12.1. The second-order valence-electron chi connectivity index (χ2n) is 14.0. The van der Waals surface area contributed by atoms with Gasteiger partial charge in [-0.15, -0.1) is 11.3 Å². The summed E-state index contributed by atoms with van der Waals surface area (Å²) >= 11 is 1.87. The van der Waals surface area contributed by atoms with Crippen molar-refractivity contribution in [3.8, 4) is 33.4 Å². The molecular formula is C52H33NOS. The average Bonchev–Trinajstić information content (AvgIpc) is 3.84. The molecule has 55 heavy (non-hydrogen) atoms. The van der Waals surface area contributed by atoms with Gasteiger partial charge in [0.15, 0.2) is 0 Å². The minimum absolute atomic E-state index is 0.914. The van der Waals surface area contributed by atoms with Gasteiger partial charge in [0, 0.05) is 53.3 Å². The molecule has 2 heterocycles. The molecule has 2 nitrogen and oxygen atoms in total. The van der Waals surface area contributed by atoms with Gasteiger partial charge in [0.05, 0.1) is 5.69 Å². The zero-order valence-electron chi connectivity index (χ0n) is 29.8. The molecule has 0 radical (unpaired) electrons. The van der Waals surface area contributed by atoms with Crippen LogP contribution in [-0.4, -0.2) is 0 Å². The van der Waals surface area contributed by atoms with Gasteiger partial charge in [-0.25, -0.2) is 0 Å². The molecule has 11 aromatic rings. The van der Waals surface area contributed by atoms with E-state index in [9.17, 15) is 0 Å². The van der Waals surface area contributed by atoms with E-state index in [0.717, 1.165) is 44.6 Å². The summed E-state index contributed by atoms with van der Waals surface area (Å²) in [5.74, 6) is 0. The van der Waals surface area contributed by atoms with E-state index in [1.165, 1.54) is 58.8 Å². The highest BCUT2D eigenvalue weighted by Crippen LogP contribution is 2.49. The van der Waals surface area contributed by atoms with Crippen LogP contribution in [0.2, 0.25) is 0 Å². The van der Waals surface area contributed by atoms with E-state index < -0.39 is 0 Å². The van der Waals surface area contributed by atoms with Crippen molar-refractivity contribution in [3.05, 3.63) is 200 Å². The number of fused-ring (bicyclic) bond motifs is 8. The van der Waals surface area contributed by atoms with Crippen molar-refractivity contribution in [2.45, 2.75) is 0 Å². The molecule has 0 amide bonds. The fourth-order valence-electron chi connectivity index (χ4n) is 8.30. The van der Waals surface area contributed by atoms with Gasteiger partial charge >= 0.3 is 0 Å². The highest BCUT2D eigenvalue weighted by atomic mass is 32.1. The van der Waals surface area contributed by atoms with E-state index in [2.05, 4.69) is 199 Å². The highest BCUT2D eigenvalue weighted by Gasteiger charge is 2.21. The van der Waals surface area contributed by atoms with E-state index in [0.29, 0.717) is 0 Å². The molecule has 2 aromatic heterocycles. The Labute approximate surface area is 322 Å². The van der Waals surface area contributed by atoms with E-state index in [-0.39, 0.29) is 0 Å². The molecule has 0 bridgehead atoms. The Balaban J connectivity index is 1.13. The molecule has 0 aliphatic heterocycles. The van der Waals surface area contributed by atoms with Gasteiger partial charge in [0.2, 0.25) is 0 Å². The van der Waals surface area contributed by atoms with Crippen molar-refractivity contribution in [3.63, 3.8) is 0 Å². The van der Waals surface area contributed by atoms with Gasteiger partial charge in [0.25, 0.3) is 0 Å². The Bertz CT molecular complexity index is 3090. The second kappa shape index (κ2) is 12.9. The third-order valence-electron chi connectivity index (χ3n) is 10.9. The van der Waals surface area contributed by atoms with Crippen molar-refractivity contribution < 1.29 is 4.42 Å². The van der Waals surface area contributed by atoms with E-state index in [1.807, 2.05) is 17.4 Å². The number of furan rings is 1. The zero-order chi connectivity index (χ0) is 36.3. The summed E-state index contributed by atoms with van der Waals surface area (Å²) in [5.41, 5.74) is 12.3. The highest BCUT2D eigenvalue weighted by molar-refractivity contribution is 7.26. The minimum Gasteiger partial charge on any atom is -0.455 e. The van der Waals surface area contributed by atoms with Gasteiger partial charge in [-0.3, -0.25) is 0 Å². The van der Waals surface area contributed by atoms with Gasteiger partial charge in [0.1, 0.15) is 11.2 Å². The van der Waals surface area contributed by atoms with E-state index in [1.54, 1.807) is 0 Å². The Morgan fingerprint density at radius 2 is 0.964 bits per heavy atom. The van der Waals surface area contributed by atoms with Crippen molar-refractivity contribution in [2.24, 2.45) is 0 Å². The predicted octanol–water partition coefficient (Wildman–Crippen LogP) is 15.6. The fraction of sp³-hybridized carbons (Fsp3) is 0. The molecule has 0 saturated carbocycles. The fourth-order valence-corrected chi connectivity index (χ4v) is 9.59. The topological polar surface area (TPSA) is 16.4 Å². The van der Waals surface area contributed by atoms with Crippen LogP contribution in [-0.2, 0) is 0 Å². The largest absolute Gasteiger partial charge is 0.455 e. The van der Waals surface area contributed by atoms with Crippen LogP contribution in [0.5, 0.6) is 0 Å². The molecule has 0 spiro atoms. The summed E-state index contributed by atoms with van der Waals surface area (Å²) in [6.07, 6.45) is 0. The van der Waals surface area contributed by atoms with Crippen molar-refractivity contribution >= 4 is 81.3 Å². The van der Waals surface area contributed by atoms with Crippen LogP contribution in [0.3, 0.4) is 0 Å². The van der Waals surface area contributed by atoms with Crippen LogP contribution in [0, 0.1) is 0 Å². The van der Waals surface area contributed by atoms with Crippen LogP contribution in [0.4, 0.5) is 17.1 Å². The molecule has 9 aromatic carbocycles. The second-order valence-corrected chi connectivity index (χ2v) is 15.1. The number of rotatable bonds is 6. The van der Waals surface area contributed by atoms with Gasteiger partial charge in [-0.1, -0.05) is 158 Å². The van der Waals surface area contributed by atoms with E-state index in [4.69, 9.17) is 4.42 Å². The average molecular weight is 720 g/mol. The molecule has 0 saturated heterocycles. The number of anilines is 3. The van der Waals surface area contributed by atoms with Crippen LogP contribution in [0.25, 0.3) is 86.3 Å². The Morgan fingerprint density at radius 3 is 1.67 bits per heavy atom. The first kappa shape index (κ1) is 31.6. The van der Waals surface area contributed by atoms with Crippen molar-refractivity contribution in [1.29, 1.82) is 0 Å². The number of thiophene rings is 1. The lowest BCUT2D eigenvalue weighted by Gasteiger charge is -2.27. The smallest absolute Gasteiger partial charge is 0.143 e. The molecule has 0 aliphatic carbocycles. The molecule has 0 unspecified atom stereocenters. The Hall–Kier alpha value is -6.94. The summed E-state index contributed by atoms with van der Waals surface area (Å²) in [6.45, 7) is 0. The number of nitrogens with zero attached hydrogens (tertiary/aromatic N) is 1. The lowest BCUT2D eigenvalue weighted by molar-refractivity contribution is 0.670. The summed E-state index contributed by atoms with van der Waals surface area (Å²) in [4.78, 5) is 2.42. The monoisotopic (exact) mass is 719 g/mol. The first-order chi connectivity index (χ1) is 27.3. The number of benzene rings is 9. The van der Waals surface area contributed by atoms with Crippen LogP contribution in [0.15, 0.2) is 205 Å². The molecule has 0 fully saturated rings. The zero-order valence-corrected chi connectivity index (χ0v) is 30.6. The normalized spacial score (nSPS) is 11.6. The maximum Gasteiger partial charge on any atom is 0.143 e. The molecule has 258 valence electrons. The first-order valence-corrected chi connectivity index (χ1v) is 19.5. The van der Waals surface area contributed by atoms with Gasteiger partial charge < -0.3 is 9.32 Å². The van der Waals surface area contributed by atoms with Crippen molar-refractivity contribution in [2.75, 3.05) is 4.90 Å². The third kappa shape index (κ3) is 5.24. The van der Waals surface area contributed by atoms with Gasteiger partial charge in [-0.2, -0.15) is 0 Å². The summed E-state index contributed by atoms with van der Waals surface area (Å²) < 4.78 is 9.10. The maximum atomic E-state index is 6.56. The molecular weight excluding hydrogens is 687 g/mol. The van der Waals surface area contributed by atoms with Crippen LogP contribution >= 0.6 is 11.3 Å². The summed E-state index contributed by atoms with van der Waals surface area (Å²) in [6, 6.07) is 72.0. The van der Waals surface area contributed by atoms with Crippen molar-refractivity contribution in [1.82, 2.24) is 0 Å². The lowest BCUT2D eigenvalue weighted by Crippen LogP contribution is -2.10. The molecule has 3 heteroatoms. The number of hydrogen-bond donors (Lipinski definition) is 0. The molecule has 11 rings (SSSR count). The molecule has 0 N–H and O–H groups in total. The standard InChI is InChI=1S/C52H33NOS/c1-3-12-34(13-4-1)36-24-29-39(30-25-36)53(40-31-26-37(27-32-40)35-14-5-2-6-15-35)46-21-9-16-38-28-33-45-50-42(18-11-23-48(50)55-52(45)49(38)46)44-20-10-19-43-41-17-7-8-22-47(41)54-51(43)44/h1-33H. The lowest BCUT2D eigenvalue weighted by atomic mass is 9.96. The Kier molecular flexibility index (Phi) is 7.39. The first-order valence-electron chi connectivity index (χ1n) is 18.7. The number of hydrogen-bond acceptors (Lipinski definition) is 3.